The number of nitrogens with one attached hydrogen (secondary N) is 4. The summed E-state index contributed by atoms with van der Waals surface area (Å²) in [7, 11) is 0. The number of rotatable bonds is 18. The topological polar surface area (TPSA) is 206 Å². The second-order valence-electron chi connectivity index (χ2n) is 15.5. The highest BCUT2D eigenvalue weighted by Crippen LogP contribution is 2.31. The fourth-order valence-electron chi connectivity index (χ4n) is 7.85. The van der Waals surface area contributed by atoms with E-state index >= 15 is 0 Å². The van der Waals surface area contributed by atoms with E-state index in [0.717, 1.165) is 48.8 Å². The molecule has 0 aromatic heterocycles. The van der Waals surface area contributed by atoms with Gasteiger partial charge in [-0.25, -0.2) is 0 Å². The van der Waals surface area contributed by atoms with Gasteiger partial charge in [0.15, 0.2) is 0 Å². The fraction of sp³-hybridized carbons (Fsp3) is 0.444. The number of ketones is 1. The van der Waals surface area contributed by atoms with Crippen molar-refractivity contribution in [2.24, 2.45) is 11.7 Å². The summed E-state index contributed by atoms with van der Waals surface area (Å²) in [6.07, 6.45) is 4.41. The Hall–Kier alpha value is -5.89. The van der Waals surface area contributed by atoms with Gasteiger partial charge >= 0.3 is 0 Å². The van der Waals surface area contributed by atoms with E-state index < -0.39 is 72.1 Å². The van der Waals surface area contributed by atoms with Crippen molar-refractivity contribution in [1.82, 2.24) is 26.2 Å². The number of carbonyl (C=O) groups excluding carboxylic acids is 7. The van der Waals surface area contributed by atoms with Crippen molar-refractivity contribution >= 4 is 41.2 Å². The van der Waals surface area contributed by atoms with Crippen LogP contribution < -0.4 is 27.0 Å². The zero-order valence-corrected chi connectivity index (χ0v) is 34.0. The lowest BCUT2D eigenvalue weighted by molar-refractivity contribution is -0.143. The van der Waals surface area contributed by atoms with E-state index in [2.05, 4.69) is 21.3 Å². The second kappa shape index (κ2) is 21.2. The summed E-state index contributed by atoms with van der Waals surface area (Å²) in [6, 6.07) is 18.9. The number of Topliss-reactive ketones (excluding diaryl/α,β-unsaturated/α-hetero) is 1. The predicted molar refractivity (Wildman–Crippen MR) is 220 cm³/mol. The molecule has 1 heterocycles. The van der Waals surface area contributed by atoms with Crippen molar-refractivity contribution < 1.29 is 38.3 Å². The van der Waals surface area contributed by atoms with Crippen molar-refractivity contribution in [3.63, 3.8) is 0 Å². The summed E-state index contributed by atoms with van der Waals surface area (Å²) in [6.45, 7) is 5.26. The first-order chi connectivity index (χ1) is 28.4. The van der Waals surface area contributed by atoms with E-state index in [0.29, 0.717) is 17.5 Å². The van der Waals surface area contributed by atoms with E-state index in [-0.39, 0.29) is 37.8 Å². The van der Waals surface area contributed by atoms with Crippen LogP contribution in [0.4, 0.5) is 0 Å². The van der Waals surface area contributed by atoms with Crippen LogP contribution in [-0.4, -0.2) is 83.4 Å². The molecule has 0 bridgehead atoms. The Balaban J connectivity index is 1.32. The minimum Gasteiger partial charge on any atom is -0.372 e. The number of primary amides is 1. The third-order valence-corrected chi connectivity index (χ3v) is 11.3. The summed E-state index contributed by atoms with van der Waals surface area (Å²) >= 11 is 0. The van der Waals surface area contributed by atoms with E-state index in [9.17, 15) is 33.6 Å². The smallest absolute Gasteiger partial charge is 0.290 e. The van der Waals surface area contributed by atoms with Crippen LogP contribution in [0, 0.1) is 19.8 Å². The number of benzene rings is 3. The van der Waals surface area contributed by atoms with Gasteiger partial charge in [-0.05, 0) is 67.3 Å². The second-order valence-corrected chi connectivity index (χ2v) is 15.5. The summed E-state index contributed by atoms with van der Waals surface area (Å²) in [5, 5.41) is 10.5. The molecule has 6 N–H and O–H groups in total. The molecule has 3 aromatic carbocycles. The number of carbonyl (C=O) groups is 7. The Morgan fingerprint density at radius 1 is 0.831 bits per heavy atom. The Morgan fingerprint density at radius 3 is 2.17 bits per heavy atom. The highest BCUT2D eigenvalue weighted by atomic mass is 16.5. The van der Waals surface area contributed by atoms with Crippen molar-refractivity contribution in [2.45, 2.75) is 109 Å². The van der Waals surface area contributed by atoms with Crippen LogP contribution in [0.1, 0.15) is 96.9 Å². The highest BCUT2D eigenvalue weighted by Gasteiger charge is 2.45. The predicted octanol–water partition coefficient (Wildman–Crippen LogP) is 3.48. The molecule has 3 aromatic rings. The lowest BCUT2D eigenvalue weighted by Crippen LogP contribution is -2.58. The maximum absolute atomic E-state index is 14.8. The molecule has 6 amide bonds. The van der Waals surface area contributed by atoms with Crippen LogP contribution in [0.15, 0.2) is 78.9 Å². The van der Waals surface area contributed by atoms with Crippen LogP contribution in [0.2, 0.25) is 0 Å². The van der Waals surface area contributed by atoms with Crippen molar-refractivity contribution in [2.75, 3.05) is 13.1 Å². The zero-order chi connectivity index (χ0) is 42.5. The summed E-state index contributed by atoms with van der Waals surface area (Å²) in [5.74, 6) is -5.22. The van der Waals surface area contributed by atoms with Gasteiger partial charge in [-0.15, -0.1) is 0 Å². The first-order valence-electron chi connectivity index (χ1n) is 20.5. The molecule has 5 rings (SSSR count). The maximum atomic E-state index is 14.8. The molecule has 0 radical (unpaired) electrons. The Kier molecular flexibility index (Phi) is 15.9. The molecule has 14 heteroatoms. The van der Waals surface area contributed by atoms with Crippen molar-refractivity contribution in [1.29, 1.82) is 0 Å². The van der Waals surface area contributed by atoms with Gasteiger partial charge in [0.05, 0.1) is 25.3 Å². The minimum atomic E-state index is -1.27. The van der Waals surface area contributed by atoms with E-state index in [1.807, 2.05) is 50.2 Å². The molecule has 1 aliphatic heterocycles. The molecule has 5 atom stereocenters. The number of hydrogen-bond acceptors (Lipinski definition) is 8. The van der Waals surface area contributed by atoms with Gasteiger partial charge in [0.1, 0.15) is 18.1 Å². The van der Waals surface area contributed by atoms with Crippen LogP contribution in [-0.2, 0) is 40.1 Å². The SMILES string of the molecule is CCCC(NC(=O)C1CC(OCc2ccccc2)CN1C(=O)C(NC(=O)c1cccc(C)c1C)C1CCCCC1)C(=O)C(=O)NCC(=O)NC(C(N)=O)c1ccccc1. The number of aryl methyl sites for hydroxylation is 1. The number of nitrogens with two attached hydrogens (primary N) is 1. The molecule has 1 aliphatic carbocycles. The first-order valence-corrected chi connectivity index (χ1v) is 20.5. The Bertz CT molecular complexity index is 1970. The van der Waals surface area contributed by atoms with Gasteiger partial charge in [0.2, 0.25) is 29.4 Å². The van der Waals surface area contributed by atoms with Crippen molar-refractivity contribution in [3.05, 3.63) is 107 Å². The average molecular weight is 809 g/mol. The fourth-order valence-corrected chi connectivity index (χ4v) is 7.85. The molecular weight excluding hydrogens is 753 g/mol. The highest BCUT2D eigenvalue weighted by molar-refractivity contribution is 6.38. The van der Waals surface area contributed by atoms with Gasteiger partial charge in [-0.2, -0.15) is 0 Å². The molecule has 0 spiro atoms. The zero-order valence-electron chi connectivity index (χ0n) is 34.0. The van der Waals surface area contributed by atoms with Crippen LogP contribution in [0.3, 0.4) is 0 Å². The maximum Gasteiger partial charge on any atom is 0.290 e. The molecule has 1 saturated heterocycles. The molecule has 14 nitrogen and oxygen atoms in total. The number of likely N-dealkylation sites (tertiary alicyclic amines) is 1. The number of nitrogens with zero attached hydrogens (tertiary/aromatic N) is 1. The molecule has 5 unspecified atom stereocenters. The monoisotopic (exact) mass is 808 g/mol. The molecule has 59 heavy (non-hydrogen) atoms. The van der Waals surface area contributed by atoms with Gasteiger partial charge in [-0.3, -0.25) is 33.6 Å². The third kappa shape index (κ3) is 11.8. The van der Waals surface area contributed by atoms with Gasteiger partial charge in [-0.1, -0.05) is 105 Å². The van der Waals surface area contributed by atoms with Crippen LogP contribution in [0.25, 0.3) is 0 Å². The quantitative estimate of drug-likeness (QED) is 0.120. The summed E-state index contributed by atoms with van der Waals surface area (Å²) in [4.78, 5) is 95.8. The van der Waals surface area contributed by atoms with E-state index in [1.54, 1.807) is 49.4 Å². The number of hydrogen-bond donors (Lipinski definition) is 5. The van der Waals surface area contributed by atoms with E-state index in [1.165, 1.54) is 4.90 Å². The lowest BCUT2D eigenvalue weighted by atomic mass is 9.83. The number of amides is 6. The Morgan fingerprint density at radius 2 is 1.51 bits per heavy atom. The van der Waals surface area contributed by atoms with Crippen molar-refractivity contribution in [3.8, 4) is 0 Å². The summed E-state index contributed by atoms with van der Waals surface area (Å²) < 4.78 is 6.26. The largest absolute Gasteiger partial charge is 0.372 e. The number of ether oxygens (including phenoxy) is 1. The average Bonchev–Trinajstić information content (AvgIpc) is 3.69. The minimum absolute atomic E-state index is 0.0730. The molecular formula is C45H56N6O8. The first kappa shape index (κ1) is 44.2. The molecule has 2 fully saturated rings. The third-order valence-electron chi connectivity index (χ3n) is 11.3. The lowest BCUT2D eigenvalue weighted by Gasteiger charge is -2.35. The molecule has 1 saturated carbocycles. The van der Waals surface area contributed by atoms with Crippen LogP contribution in [0.5, 0.6) is 0 Å². The van der Waals surface area contributed by atoms with Gasteiger partial charge in [0.25, 0.3) is 11.8 Å². The Labute approximate surface area is 345 Å². The van der Waals surface area contributed by atoms with Gasteiger partial charge in [0, 0.05) is 18.5 Å². The molecule has 2 aliphatic rings. The van der Waals surface area contributed by atoms with Crippen LogP contribution >= 0.6 is 0 Å². The van der Waals surface area contributed by atoms with E-state index in [4.69, 9.17) is 10.5 Å². The molecule has 314 valence electrons. The standard InChI is InChI=1S/C45H56N6O8/c1-4-15-35(40(53)44(57)47-25-37(52)49-38(41(46)54)31-19-10-6-11-20-31)48-43(56)36-24-33(59-27-30-17-8-5-9-18-30)26-51(36)45(58)39(32-21-12-7-13-22-32)50-42(55)34-23-14-16-28(2)29(34)3/h5-6,8-11,14,16-20,23,32-33,35-36,38-39H,4,7,12-13,15,21-22,24-27H2,1-3H3,(H2,46,54)(H,47,57)(H,48,56)(H,49,52)(H,50,55). The van der Waals surface area contributed by atoms with Gasteiger partial charge < -0.3 is 36.6 Å². The summed E-state index contributed by atoms with van der Waals surface area (Å²) in [5.41, 5.74) is 9.09. The normalized spacial score (nSPS) is 18.2.